The molecule has 3 rings (SSSR count). The predicted molar refractivity (Wildman–Crippen MR) is 163 cm³/mol. The Morgan fingerprint density at radius 3 is 0.838 bits per heavy atom. The van der Waals surface area contributed by atoms with E-state index in [1.54, 1.807) is 0 Å². The minimum atomic E-state index is 1.05. The van der Waals surface area contributed by atoms with Gasteiger partial charge in [0.25, 0.3) is 0 Å². The highest BCUT2D eigenvalue weighted by Gasteiger charge is 2.23. The Hall–Kier alpha value is -0.0800. The lowest BCUT2D eigenvalue weighted by atomic mass is 9.92. The Labute approximate surface area is 234 Å². The summed E-state index contributed by atoms with van der Waals surface area (Å²) in [6.07, 6.45) is 40.6. The van der Waals surface area contributed by atoms with E-state index in [9.17, 15) is 0 Å². The standard InChI is InChI=1S/C35H68N2/c1-2-6-10-14-18-24-34-26-22-31-37(32-34)29-21-17-13-9-5-3-7-11-15-19-25-35-27-23-30-36(33-35)28-20-16-12-8-4-1/h34-35H,1-33H2/p+2. The minimum Gasteiger partial charge on any atom is -0.335 e. The molecule has 3 aliphatic rings. The largest absolute Gasteiger partial charge is 0.335 e. The van der Waals surface area contributed by atoms with E-state index in [4.69, 9.17) is 0 Å². The molecule has 4 unspecified atom stereocenters. The van der Waals surface area contributed by atoms with Gasteiger partial charge < -0.3 is 9.80 Å². The Morgan fingerprint density at radius 2 is 0.486 bits per heavy atom. The van der Waals surface area contributed by atoms with Crippen LogP contribution in [-0.4, -0.2) is 39.3 Å². The average Bonchev–Trinajstić information content (AvgIpc) is 2.92. The minimum absolute atomic E-state index is 1.05. The molecule has 2 N–H and O–H groups in total. The zero-order valence-corrected chi connectivity index (χ0v) is 25.5. The fraction of sp³-hybridized carbons (Fsp3) is 1.00. The maximum absolute atomic E-state index is 1.95. The highest BCUT2D eigenvalue weighted by Crippen LogP contribution is 2.19. The second-order valence-electron chi connectivity index (χ2n) is 13.9. The van der Waals surface area contributed by atoms with Crippen molar-refractivity contribution in [3.8, 4) is 0 Å². The molecular weight excluding hydrogens is 448 g/mol. The normalized spacial score (nSPS) is 33.1. The summed E-state index contributed by atoms with van der Waals surface area (Å²) in [5.74, 6) is 2.09. The van der Waals surface area contributed by atoms with Gasteiger partial charge in [-0.15, -0.1) is 0 Å². The number of hydrogen-bond acceptors (Lipinski definition) is 0. The third-order valence-electron chi connectivity index (χ3n) is 10.5. The lowest BCUT2D eigenvalue weighted by molar-refractivity contribution is -0.909. The van der Waals surface area contributed by atoms with Crippen LogP contribution in [-0.2, 0) is 0 Å². The fourth-order valence-corrected chi connectivity index (χ4v) is 8.07. The first-order valence-electron chi connectivity index (χ1n) is 18.1. The molecule has 3 heterocycles. The van der Waals surface area contributed by atoms with Crippen molar-refractivity contribution >= 4 is 0 Å². The van der Waals surface area contributed by atoms with Gasteiger partial charge >= 0.3 is 0 Å². The molecule has 0 saturated carbocycles. The Balaban J connectivity index is 1.28. The van der Waals surface area contributed by atoms with E-state index in [2.05, 4.69) is 0 Å². The van der Waals surface area contributed by atoms with Crippen molar-refractivity contribution in [2.45, 2.75) is 173 Å². The van der Waals surface area contributed by atoms with Gasteiger partial charge in [0.15, 0.2) is 0 Å². The van der Waals surface area contributed by atoms with Crippen LogP contribution in [0.25, 0.3) is 0 Å². The van der Waals surface area contributed by atoms with Crippen LogP contribution in [0.5, 0.6) is 0 Å². The van der Waals surface area contributed by atoms with Crippen molar-refractivity contribution in [1.82, 2.24) is 0 Å². The highest BCUT2D eigenvalue weighted by molar-refractivity contribution is 4.64. The molecule has 37 heavy (non-hydrogen) atoms. The summed E-state index contributed by atoms with van der Waals surface area (Å²) in [5.41, 5.74) is 0. The molecule has 4 atom stereocenters. The van der Waals surface area contributed by atoms with E-state index >= 15 is 0 Å². The van der Waals surface area contributed by atoms with Crippen molar-refractivity contribution < 1.29 is 9.80 Å². The number of hydrogen-bond donors (Lipinski definition) is 2. The van der Waals surface area contributed by atoms with Crippen molar-refractivity contribution in [3.63, 3.8) is 0 Å². The Morgan fingerprint density at radius 1 is 0.243 bits per heavy atom. The first-order chi connectivity index (χ1) is 18.4. The van der Waals surface area contributed by atoms with Gasteiger partial charge in [-0.3, -0.25) is 0 Å². The van der Waals surface area contributed by atoms with Gasteiger partial charge in [-0.05, 0) is 64.2 Å². The molecule has 4 bridgehead atoms. The molecular formula is C35H70N2+2. The van der Waals surface area contributed by atoms with E-state index in [1.807, 2.05) is 9.80 Å². The summed E-state index contributed by atoms with van der Waals surface area (Å²) in [7, 11) is 0. The average molecular weight is 519 g/mol. The predicted octanol–water partition coefficient (Wildman–Crippen LogP) is 7.56. The quantitative estimate of drug-likeness (QED) is 0.327. The number of nitrogens with one attached hydrogen (secondary N) is 2. The fourth-order valence-electron chi connectivity index (χ4n) is 8.07. The SMILES string of the molecule is C1CCCCCCC2CCC[NH+](CCCCCCCCCCCCC3CCC[NH+](CCCCCC1)C3)C2. The molecule has 0 amide bonds. The molecule has 3 fully saturated rings. The van der Waals surface area contributed by atoms with E-state index in [0.717, 1.165) is 11.8 Å². The molecule has 2 nitrogen and oxygen atoms in total. The smallest absolute Gasteiger partial charge is 0.0799 e. The second kappa shape index (κ2) is 21.7. The van der Waals surface area contributed by atoms with Crippen molar-refractivity contribution in [1.29, 1.82) is 0 Å². The maximum Gasteiger partial charge on any atom is 0.0799 e. The molecule has 0 radical (unpaired) electrons. The Kier molecular flexibility index (Phi) is 18.4. The van der Waals surface area contributed by atoms with Crippen LogP contribution in [0, 0.1) is 11.8 Å². The second-order valence-corrected chi connectivity index (χ2v) is 13.9. The van der Waals surface area contributed by atoms with Crippen LogP contribution >= 0.6 is 0 Å². The molecule has 0 aromatic carbocycles. The summed E-state index contributed by atoms with van der Waals surface area (Å²) in [6, 6.07) is 0. The van der Waals surface area contributed by atoms with E-state index in [-0.39, 0.29) is 0 Å². The lowest BCUT2D eigenvalue weighted by Crippen LogP contribution is -3.13. The van der Waals surface area contributed by atoms with E-state index < -0.39 is 0 Å². The molecule has 218 valence electrons. The molecule has 3 aliphatic heterocycles. The van der Waals surface area contributed by atoms with Crippen LogP contribution in [0.15, 0.2) is 0 Å². The van der Waals surface area contributed by atoms with Crippen LogP contribution in [0.4, 0.5) is 0 Å². The van der Waals surface area contributed by atoms with E-state index in [0.29, 0.717) is 0 Å². The first kappa shape index (κ1) is 31.4. The Bertz CT molecular complexity index is 461. The van der Waals surface area contributed by atoms with Gasteiger partial charge in [0.05, 0.1) is 39.3 Å². The molecule has 2 heteroatoms. The van der Waals surface area contributed by atoms with Crippen molar-refractivity contribution in [2.75, 3.05) is 39.3 Å². The third kappa shape index (κ3) is 15.9. The number of fused-ring (bicyclic) bond motifs is 4. The summed E-state index contributed by atoms with van der Waals surface area (Å²) in [5, 5.41) is 0. The zero-order valence-electron chi connectivity index (χ0n) is 25.5. The third-order valence-corrected chi connectivity index (χ3v) is 10.5. The van der Waals surface area contributed by atoms with E-state index in [1.165, 1.54) is 213 Å². The summed E-state index contributed by atoms with van der Waals surface area (Å²) < 4.78 is 0. The van der Waals surface area contributed by atoms with Crippen LogP contribution in [0.2, 0.25) is 0 Å². The monoisotopic (exact) mass is 519 g/mol. The van der Waals surface area contributed by atoms with Gasteiger partial charge in [-0.2, -0.15) is 0 Å². The summed E-state index contributed by atoms with van der Waals surface area (Å²) in [6.45, 7) is 8.88. The highest BCUT2D eigenvalue weighted by atomic mass is 15.1. The summed E-state index contributed by atoms with van der Waals surface area (Å²) in [4.78, 5) is 3.91. The first-order valence-corrected chi connectivity index (χ1v) is 18.1. The molecule has 0 spiro atoms. The molecule has 0 aliphatic carbocycles. The summed E-state index contributed by atoms with van der Waals surface area (Å²) >= 11 is 0. The molecule has 3 saturated heterocycles. The van der Waals surface area contributed by atoms with Gasteiger partial charge in [0.1, 0.15) is 0 Å². The number of rotatable bonds is 0. The number of piperidine rings is 2. The number of quaternary nitrogens is 2. The molecule has 0 aromatic rings. The van der Waals surface area contributed by atoms with Gasteiger partial charge in [0, 0.05) is 11.8 Å². The van der Waals surface area contributed by atoms with Gasteiger partial charge in [-0.25, -0.2) is 0 Å². The van der Waals surface area contributed by atoms with Gasteiger partial charge in [0.2, 0.25) is 0 Å². The van der Waals surface area contributed by atoms with Crippen LogP contribution in [0.3, 0.4) is 0 Å². The lowest BCUT2D eigenvalue weighted by Gasteiger charge is -2.30. The van der Waals surface area contributed by atoms with Crippen LogP contribution in [0.1, 0.15) is 173 Å². The topological polar surface area (TPSA) is 8.88 Å². The maximum atomic E-state index is 1.95. The van der Waals surface area contributed by atoms with Crippen molar-refractivity contribution in [3.05, 3.63) is 0 Å². The molecule has 0 aromatic heterocycles. The van der Waals surface area contributed by atoms with Crippen LogP contribution < -0.4 is 9.80 Å². The van der Waals surface area contributed by atoms with Crippen molar-refractivity contribution in [2.24, 2.45) is 11.8 Å². The zero-order chi connectivity index (χ0) is 25.6. The van der Waals surface area contributed by atoms with Gasteiger partial charge in [-0.1, -0.05) is 109 Å².